The maximum atomic E-state index is 11.9. The molecule has 3 aromatic rings. The number of carbonyl (C=O) groups excluding carboxylic acids is 1. The van der Waals surface area contributed by atoms with Crippen LogP contribution in [0.3, 0.4) is 0 Å². The molecule has 1 aliphatic heterocycles. The minimum atomic E-state index is -0.0394. The van der Waals surface area contributed by atoms with Gasteiger partial charge in [-0.05, 0) is 24.3 Å². The first-order valence-corrected chi connectivity index (χ1v) is 8.43. The van der Waals surface area contributed by atoms with Crippen LogP contribution in [0, 0.1) is 0 Å². The van der Waals surface area contributed by atoms with Crippen LogP contribution < -0.4 is 10.1 Å². The number of benzene rings is 1. The molecule has 1 aromatic carbocycles. The summed E-state index contributed by atoms with van der Waals surface area (Å²) in [6.07, 6.45) is 3.56. The summed E-state index contributed by atoms with van der Waals surface area (Å²) < 4.78 is 5.21. The Labute approximate surface area is 142 Å². The van der Waals surface area contributed by atoms with E-state index in [4.69, 9.17) is 4.74 Å². The lowest BCUT2D eigenvalue weighted by Crippen LogP contribution is -2.12. The van der Waals surface area contributed by atoms with Crippen LogP contribution in [-0.2, 0) is 4.79 Å². The van der Waals surface area contributed by atoms with E-state index in [1.807, 2.05) is 30.5 Å². The molecule has 122 valence electrons. The number of rotatable bonds is 3. The third-order valence-corrected chi connectivity index (χ3v) is 5.20. The molecule has 0 spiro atoms. The first kappa shape index (κ1) is 14.8. The molecule has 3 N–H and O–H groups in total. The molecule has 0 saturated heterocycles. The summed E-state index contributed by atoms with van der Waals surface area (Å²) in [6, 6.07) is 7.79. The zero-order chi connectivity index (χ0) is 16.5. The SMILES string of the molecule is COc1ccc(-c2[nH]ncc2[C@@H]2SCC(=O)Nc3[nH]ncc32)cc1. The average molecular weight is 341 g/mol. The molecule has 4 rings (SSSR count). The van der Waals surface area contributed by atoms with Crippen LogP contribution in [0.2, 0.25) is 0 Å². The van der Waals surface area contributed by atoms with Crippen molar-refractivity contribution < 1.29 is 9.53 Å². The summed E-state index contributed by atoms with van der Waals surface area (Å²) in [7, 11) is 1.64. The molecule has 1 amide bonds. The molecule has 3 heterocycles. The van der Waals surface area contributed by atoms with Gasteiger partial charge in [0, 0.05) is 16.7 Å². The van der Waals surface area contributed by atoms with E-state index >= 15 is 0 Å². The molecule has 2 aromatic heterocycles. The van der Waals surface area contributed by atoms with Crippen molar-refractivity contribution in [3.8, 4) is 17.0 Å². The van der Waals surface area contributed by atoms with Crippen molar-refractivity contribution in [2.45, 2.75) is 5.25 Å². The number of thioether (sulfide) groups is 1. The maximum Gasteiger partial charge on any atom is 0.235 e. The predicted molar refractivity (Wildman–Crippen MR) is 92.1 cm³/mol. The summed E-state index contributed by atoms with van der Waals surface area (Å²) in [5.41, 5.74) is 3.90. The van der Waals surface area contributed by atoms with Crippen molar-refractivity contribution in [3.05, 3.63) is 47.8 Å². The predicted octanol–water partition coefficient (Wildman–Crippen LogP) is 2.58. The van der Waals surface area contributed by atoms with Crippen molar-refractivity contribution in [1.82, 2.24) is 20.4 Å². The largest absolute Gasteiger partial charge is 0.497 e. The highest BCUT2D eigenvalue weighted by molar-refractivity contribution is 8.00. The summed E-state index contributed by atoms with van der Waals surface area (Å²) in [6.45, 7) is 0. The van der Waals surface area contributed by atoms with Gasteiger partial charge in [0.05, 0.1) is 36.2 Å². The van der Waals surface area contributed by atoms with E-state index < -0.39 is 0 Å². The van der Waals surface area contributed by atoms with Gasteiger partial charge in [-0.2, -0.15) is 10.2 Å². The van der Waals surface area contributed by atoms with Crippen LogP contribution in [0.5, 0.6) is 5.75 Å². The van der Waals surface area contributed by atoms with Gasteiger partial charge in [-0.15, -0.1) is 11.8 Å². The van der Waals surface area contributed by atoms with Gasteiger partial charge in [0.1, 0.15) is 11.6 Å². The second-order valence-electron chi connectivity index (χ2n) is 5.37. The van der Waals surface area contributed by atoms with Gasteiger partial charge in [-0.25, -0.2) is 0 Å². The number of aromatic amines is 2. The minimum Gasteiger partial charge on any atom is -0.497 e. The number of amides is 1. The van der Waals surface area contributed by atoms with Gasteiger partial charge in [0.15, 0.2) is 0 Å². The number of fused-ring (bicyclic) bond motifs is 1. The summed E-state index contributed by atoms with van der Waals surface area (Å²) in [5, 5.41) is 17.0. The molecule has 7 nitrogen and oxygen atoms in total. The van der Waals surface area contributed by atoms with E-state index in [1.165, 1.54) is 0 Å². The summed E-state index contributed by atoms with van der Waals surface area (Å²) in [4.78, 5) is 11.9. The van der Waals surface area contributed by atoms with Crippen molar-refractivity contribution in [2.75, 3.05) is 18.2 Å². The Morgan fingerprint density at radius 3 is 2.67 bits per heavy atom. The van der Waals surface area contributed by atoms with Gasteiger partial charge < -0.3 is 10.1 Å². The lowest BCUT2D eigenvalue weighted by atomic mass is 10.0. The molecule has 0 radical (unpaired) electrons. The third kappa shape index (κ3) is 2.54. The maximum absolute atomic E-state index is 11.9. The van der Waals surface area contributed by atoms with E-state index in [0.29, 0.717) is 11.6 Å². The first-order chi connectivity index (χ1) is 11.8. The van der Waals surface area contributed by atoms with Gasteiger partial charge in [0.2, 0.25) is 5.91 Å². The zero-order valence-electron chi connectivity index (χ0n) is 12.9. The van der Waals surface area contributed by atoms with E-state index in [9.17, 15) is 4.79 Å². The van der Waals surface area contributed by atoms with Gasteiger partial charge >= 0.3 is 0 Å². The number of aromatic nitrogens is 4. The molecular formula is C16H15N5O2S. The molecule has 8 heteroatoms. The number of carbonyl (C=O) groups is 1. The Morgan fingerprint density at radius 1 is 1.12 bits per heavy atom. The molecule has 0 aliphatic carbocycles. The molecule has 24 heavy (non-hydrogen) atoms. The highest BCUT2D eigenvalue weighted by Crippen LogP contribution is 2.43. The third-order valence-electron chi connectivity index (χ3n) is 3.93. The van der Waals surface area contributed by atoms with E-state index in [0.717, 1.165) is 28.1 Å². The average Bonchev–Trinajstić information content (AvgIpc) is 3.23. The van der Waals surface area contributed by atoms with Gasteiger partial charge in [-0.3, -0.25) is 15.0 Å². The smallest absolute Gasteiger partial charge is 0.235 e. The van der Waals surface area contributed by atoms with Crippen LogP contribution >= 0.6 is 11.8 Å². The quantitative estimate of drug-likeness (QED) is 0.680. The minimum absolute atomic E-state index is 0.0337. The molecule has 0 saturated carbocycles. The summed E-state index contributed by atoms with van der Waals surface area (Å²) >= 11 is 1.56. The number of nitrogens with zero attached hydrogens (tertiary/aromatic N) is 2. The second-order valence-corrected chi connectivity index (χ2v) is 6.46. The van der Waals surface area contributed by atoms with Crippen LogP contribution in [0.1, 0.15) is 16.4 Å². The van der Waals surface area contributed by atoms with Crippen LogP contribution in [0.15, 0.2) is 36.7 Å². The monoisotopic (exact) mass is 341 g/mol. The van der Waals surface area contributed by atoms with Crippen LogP contribution in [0.4, 0.5) is 5.82 Å². The molecular weight excluding hydrogens is 326 g/mol. The number of ether oxygens (including phenoxy) is 1. The Kier molecular flexibility index (Phi) is 3.73. The number of H-pyrrole nitrogens is 2. The Morgan fingerprint density at radius 2 is 1.88 bits per heavy atom. The second kappa shape index (κ2) is 6.04. The topological polar surface area (TPSA) is 95.7 Å². The Hall–Kier alpha value is -2.74. The van der Waals surface area contributed by atoms with E-state index in [2.05, 4.69) is 25.7 Å². The Bertz CT molecular complexity index is 871. The van der Waals surface area contributed by atoms with E-state index in [-0.39, 0.29) is 11.2 Å². The number of nitrogens with one attached hydrogen (secondary N) is 3. The first-order valence-electron chi connectivity index (χ1n) is 7.38. The molecule has 1 aliphatic rings. The molecule has 0 fully saturated rings. The fourth-order valence-corrected chi connectivity index (χ4v) is 3.87. The molecule has 0 bridgehead atoms. The fourth-order valence-electron chi connectivity index (χ4n) is 2.76. The van der Waals surface area contributed by atoms with Gasteiger partial charge in [0.25, 0.3) is 0 Å². The van der Waals surface area contributed by atoms with Crippen LogP contribution in [-0.4, -0.2) is 39.2 Å². The normalized spacial score (nSPS) is 17.0. The molecule has 0 unspecified atom stereocenters. The number of methoxy groups -OCH3 is 1. The highest BCUT2D eigenvalue weighted by Gasteiger charge is 2.28. The van der Waals surface area contributed by atoms with Crippen molar-refractivity contribution in [3.63, 3.8) is 0 Å². The van der Waals surface area contributed by atoms with E-state index in [1.54, 1.807) is 25.1 Å². The number of hydrogen-bond acceptors (Lipinski definition) is 5. The standard InChI is InChI=1S/C16H15N5O2S/c1-23-10-4-2-9(3-5-10)14-11(6-17-20-14)15-12-7-18-21-16(12)19-13(22)8-24-15/h2-7,15H,8H2,1H3,(H,17,20)(H2,18,19,21,22)/t15-/m0/s1. The lowest BCUT2D eigenvalue weighted by Gasteiger charge is -2.14. The number of anilines is 1. The van der Waals surface area contributed by atoms with Crippen molar-refractivity contribution in [2.24, 2.45) is 0 Å². The zero-order valence-corrected chi connectivity index (χ0v) is 13.7. The van der Waals surface area contributed by atoms with Crippen LogP contribution in [0.25, 0.3) is 11.3 Å². The molecule has 1 atom stereocenters. The Balaban J connectivity index is 1.76. The summed E-state index contributed by atoms with van der Waals surface area (Å²) in [5.74, 6) is 1.79. The highest BCUT2D eigenvalue weighted by atomic mass is 32.2. The van der Waals surface area contributed by atoms with Crippen molar-refractivity contribution >= 4 is 23.5 Å². The van der Waals surface area contributed by atoms with Crippen molar-refractivity contribution in [1.29, 1.82) is 0 Å². The lowest BCUT2D eigenvalue weighted by molar-refractivity contribution is -0.113. The fraction of sp³-hybridized carbons (Fsp3) is 0.188. The number of hydrogen-bond donors (Lipinski definition) is 3. The van der Waals surface area contributed by atoms with Gasteiger partial charge in [-0.1, -0.05) is 0 Å².